The van der Waals surface area contributed by atoms with E-state index in [1.807, 2.05) is 33.8 Å². The van der Waals surface area contributed by atoms with Gasteiger partial charge in [-0.1, -0.05) is 0 Å². The summed E-state index contributed by atoms with van der Waals surface area (Å²) in [6.07, 6.45) is 8.08. The van der Waals surface area contributed by atoms with Crippen LogP contribution in [0.15, 0.2) is 12.1 Å². The van der Waals surface area contributed by atoms with E-state index in [1.165, 1.54) is 38.5 Å². The first-order chi connectivity index (χ1) is 12.1. The van der Waals surface area contributed by atoms with Crippen LogP contribution >= 0.6 is 0 Å². The van der Waals surface area contributed by atoms with E-state index in [-0.39, 0.29) is 11.5 Å². The first-order valence-electron chi connectivity index (χ1n) is 10.0. The van der Waals surface area contributed by atoms with Crippen molar-refractivity contribution in [1.82, 2.24) is 0 Å². The van der Waals surface area contributed by atoms with Crippen molar-refractivity contribution in [2.75, 3.05) is 11.1 Å². The molecule has 0 amide bonds. The van der Waals surface area contributed by atoms with Gasteiger partial charge in [-0.25, -0.2) is 4.79 Å². The molecule has 1 aromatic carbocycles. The number of nitrogens with one attached hydrogen (secondary N) is 1. The molecule has 0 unspecified atom stereocenters. The van der Waals surface area contributed by atoms with Crippen molar-refractivity contribution >= 4 is 17.3 Å². The van der Waals surface area contributed by atoms with Crippen LogP contribution in [0.3, 0.4) is 0 Å². The fraction of sp³-hybridized carbons (Fsp3) is 0.682. The van der Waals surface area contributed by atoms with Gasteiger partial charge in [-0.05, 0) is 102 Å². The molecule has 142 valence electrons. The van der Waals surface area contributed by atoms with Gasteiger partial charge in [0.2, 0.25) is 0 Å². The van der Waals surface area contributed by atoms with Crippen LogP contribution in [-0.4, -0.2) is 17.1 Å². The molecule has 26 heavy (non-hydrogen) atoms. The van der Waals surface area contributed by atoms with Gasteiger partial charge < -0.3 is 15.8 Å². The van der Waals surface area contributed by atoms with E-state index in [1.54, 1.807) is 6.07 Å². The van der Waals surface area contributed by atoms with Crippen molar-refractivity contribution in [1.29, 1.82) is 0 Å². The quantitative estimate of drug-likeness (QED) is 0.596. The number of esters is 1. The number of anilines is 2. The van der Waals surface area contributed by atoms with Gasteiger partial charge in [0.05, 0.1) is 16.9 Å². The van der Waals surface area contributed by atoms with E-state index in [2.05, 4.69) is 5.32 Å². The van der Waals surface area contributed by atoms with E-state index in [0.717, 1.165) is 29.0 Å². The number of rotatable bonds is 3. The molecule has 4 fully saturated rings. The number of carbonyl (C=O) groups excluding carboxylic acids is 1. The summed E-state index contributed by atoms with van der Waals surface area (Å²) in [5, 5.41) is 3.83. The second-order valence-corrected chi connectivity index (χ2v) is 10.1. The Bertz CT molecular complexity index is 697. The Hall–Kier alpha value is -1.71. The van der Waals surface area contributed by atoms with Crippen molar-refractivity contribution in [2.24, 2.45) is 17.8 Å². The minimum atomic E-state index is -0.506. The predicted molar refractivity (Wildman–Crippen MR) is 105 cm³/mol. The molecule has 0 spiro atoms. The maximum Gasteiger partial charge on any atom is 0.338 e. The molecule has 0 atom stereocenters. The molecule has 4 heteroatoms. The standard InChI is InChI=1S/C22H32N2O2/c1-13-5-19(18(23)9-17(13)20(25)26-21(2,3)4)24-22-10-14-6-15(11-22)8-16(7-14)12-22/h5,9,14-16,24H,6-8,10-12,23H2,1-4H3. The number of hydrogen-bond acceptors (Lipinski definition) is 4. The molecular formula is C22H32N2O2. The minimum Gasteiger partial charge on any atom is -0.456 e. The summed E-state index contributed by atoms with van der Waals surface area (Å²) in [6.45, 7) is 7.61. The number of benzene rings is 1. The molecule has 0 heterocycles. The first-order valence-corrected chi connectivity index (χ1v) is 10.0. The zero-order valence-corrected chi connectivity index (χ0v) is 16.5. The Labute approximate surface area is 156 Å². The zero-order chi connectivity index (χ0) is 18.7. The molecule has 4 saturated carbocycles. The molecule has 4 nitrogen and oxygen atoms in total. The van der Waals surface area contributed by atoms with Gasteiger partial charge in [-0.3, -0.25) is 0 Å². The topological polar surface area (TPSA) is 64.3 Å². The smallest absolute Gasteiger partial charge is 0.338 e. The van der Waals surface area contributed by atoms with Crippen molar-refractivity contribution < 1.29 is 9.53 Å². The molecule has 0 aromatic heterocycles. The summed E-state index contributed by atoms with van der Waals surface area (Å²) in [5.41, 5.74) is 9.17. The number of nitrogens with two attached hydrogens (primary N) is 1. The van der Waals surface area contributed by atoms with Crippen LogP contribution in [0.2, 0.25) is 0 Å². The second-order valence-electron chi connectivity index (χ2n) is 10.1. The van der Waals surface area contributed by atoms with Gasteiger partial charge in [-0.15, -0.1) is 0 Å². The van der Waals surface area contributed by atoms with Crippen LogP contribution in [0.1, 0.15) is 75.2 Å². The lowest BCUT2D eigenvalue weighted by Crippen LogP contribution is -2.54. The largest absolute Gasteiger partial charge is 0.456 e. The summed E-state index contributed by atoms with van der Waals surface area (Å²) in [7, 11) is 0. The molecule has 4 aliphatic rings. The minimum absolute atomic E-state index is 0.211. The van der Waals surface area contributed by atoms with E-state index >= 15 is 0 Å². The van der Waals surface area contributed by atoms with Gasteiger partial charge in [0.15, 0.2) is 0 Å². The van der Waals surface area contributed by atoms with E-state index in [0.29, 0.717) is 11.3 Å². The summed E-state index contributed by atoms with van der Waals surface area (Å²) >= 11 is 0. The van der Waals surface area contributed by atoms with Crippen LogP contribution in [0.5, 0.6) is 0 Å². The third-order valence-electron chi connectivity index (χ3n) is 6.45. The summed E-state index contributed by atoms with van der Waals surface area (Å²) < 4.78 is 5.52. The van der Waals surface area contributed by atoms with Crippen molar-refractivity contribution in [3.8, 4) is 0 Å². The second kappa shape index (κ2) is 5.90. The molecule has 5 rings (SSSR count). The highest BCUT2D eigenvalue weighted by molar-refractivity contribution is 5.94. The van der Waals surface area contributed by atoms with E-state index < -0.39 is 5.60 Å². The van der Waals surface area contributed by atoms with Crippen LogP contribution in [-0.2, 0) is 4.74 Å². The lowest BCUT2D eigenvalue weighted by atomic mass is 9.53. The maximum atomic E-state index is 12.5. The molecule has 4 aliphatic carbocycles. The van der Waals surface area contributed by atoms with Gasteiger partial charge in [0, 0.05) is 5.54 Å². The number of carbonyl (C=O) groups is 1. The molecular weight excluding hydrogens is 324 g/mol. The third-order valence-corrected chi connectivity index (χ3v) is 6.45. The summed E-state index contributed by atoms with van der Waals surface area (Å²) in [6, 6.07) is 3.82. The Balaban J connectivity index is 1.57. The van der Waals surface area contributed by atoms with Crippen molar-refractivity contribution in [3.63, 3.8) is 0 Å². The molecule has 0 aliphatic heterocycles. The highest BCUT2D eigenvalue weighted by atomic mass is 16.6. The van der Waals surface area contributed by atoms with Crippen LogP contribution < -0.4 is 11.1 Å². The Morgan fingerprint density at radius 2 is 1.65 bits per heavy atom. The summed E-state index contributed by atoms with van der Waals surface area (Å²) in [5.74, 6) is 2.36. The lowest BCUT2D eigenvalue weighted by Gasteiger charge is -2.57. The fourth-order valence-corrected chi connectivity index (χ4v) is 5.94. The van der Waals surface area contributed by atoms with Gasteiger partial charge in [0.25, 0.3) is 0 Å². The van der Waals surface area contributed by atoms with Crippen LogP contribution in [0, 0.1) is 24.7 Å². The maximum absolute atomic E-state index is 12.5. The average Bonchev–Trinajstić information content (AvgIpc) is 2.47. The SMILES string of the molecule is Cc1cc(NC23CC4CC(CC(C4)C2)C3)c(N)cc1C(=O)OC(C)(C)C. The summed E-state index contributed by atoms with van der Waals surface area (Å²) in [4.78, 5) is 12.5. The third kappa shape index (κ3) is 3.30. The van der Waals surface area contributed by atoms with Crippen molar-refractivity contribution in [2.45, 2.75) is 77.4 Å². The predicted octanol–water partition coefficient (Wildman–Crippen LogP) is 4.91. The fourth-order valence-electron chi connectivity index (χ4n) is 5.94. The monoisotopic (exact) mass is 356 g/mol. The highest BCUT2D eigenvalue weighted by Crippen LogP contribution is 2.56. The lowest BCUT2D eigenvalue weighted by molar-refractivity contribution is 0.00688. The van der Waals surface area contributed by atoms with E-state index in [9.17, 15) is 4.79 Å². The number of ether oxygens (including phenoxy) is 1. The van der Waals surface area contributed by atoms with Crippen LogP contribution in [0.4, 0.5) is 11.4 Å². The van der Waals surface area contributed by atoms with Crippen molar-refractivity contribution in [3.05, 3.63) is 23.3 Å². The Morgan fingerprint density at radius 3 is 2.15 bits per heavy atom. The molecule has 0 saturated heterocycles. The normalized spacial score (nSPS) is 32.5. The zero-order valence-electron chi connectivity index (χ0n) is 16.5. The molecule has 4 bridgehead atoms. The molecule has 3 N–H and O–H groups in total. The Kier molecular flexibility index (Phi) is 4.01. The van der Waals surface area contributed by atoms with Crippen LogP contribution in [0.25, 0.3) is 0 Å². The first kappa shape index (κ1) is 17.7. The van der Waals surface area contributed by atoms with Gasteiger partial charge in [-0.2, -0.15) is 0 Å². The van der Waals surface area contributed by atoms with E-state index in [4.69, 9.17) is 10.5 Å². The average molecular weight is 357 g/mol. The Morgan fingerprint density at radius 1 is 1.12 bits per heavy atom. The highest BCUT2D eigenvalue weighted by Gasteiger charge is 2.51. The van der Waals surface area contributed by atoms with Gasteiger partial charge in [0.1, 0.15) is 5.60 Å². The van der Waals surface area contributed by atoms with Gasteiger partial charge >= 0.3 is 5.97 Å². The number of nitrogen functional groups attached to an aromatic ring is 1. The molecule has 0 radical (unpaired) electrons. The number of aryl methyl sites for hydroxylation is 1. The number of hydrogen-bond donors (Lipinski definition) is 2. The molecule has 1 aromatic rings.